The number of nitrogens with zero attached hydrogens (tertiary/aromatic N) is 1. The number of carbonyl (C=O) groups is 1. The lowest BCUT2D eigenvalue weighted by Gasteiger charge is -2.23. The van der Waals surface area contributed by atoms with Crippen LogP contribution in [0.15, 0.2) is 24.3 Å². The molecule has 0 atom stereocenters. The van der Waals surface area contributed by atoms with Crippen molar-refractivity contribution in [3.05, 3.63) is 29.8 Å². The Kier molecular flexibility index (Phi) is 3.69. The van der Waals surface area contributed by atoms with Gasteiger partial charge >= 0.3 is 0 Å². The second kappa shape index (κ2) is 5.61. The average Bonchev–Trinajstić information content (AvgIpc) is 3.24. The molecule has 1 aliphatic heterocycles. The van der Waals surface area contributed by atoms with Crippen LogP contribution in [0.5, 0.6) is 0 Å². The van der Waals surface area contributed by atoms with E-state index in [0.717, 1.165) is 32.1 Å². The lowest BCUT2D eigenvalue weighted by atomic mass is 10.1. The zero-order valence-electron chi connectivity index (χ0n) is 11.2. The molecule has 1 saturated carbocycles. The summed E-state index contributed by atoms with van der Waals surface area (Å²) in [7, 11) is 0. The molecule has 19 heavy (non-hydrogen) atoms. The molecule has 0 spiro atoms. The Morgan fingerprint density at radius 2 is 2.21 bits per heavy atom. The molecule has 0 unspecified atom stereocenters. The number of fused-ring (bicyclic) bond motifs is 1. The standard InChI is InChI=1S/C15H21N3O/c19-15(17-9-12-5-6-12)11-18-8-7-16-10-13-3-1-2-4-14(13)18/h1-4,12,16H,5-11H2,(H,17,19). The van der Waals surface area contributed by atoms with Gasteiger partial charge in [0.15, 0.2) is 0 Å². The summed E-state index contributed by atoms with van der Waals surface area (Å²) in [6.07, 6.45) is 2.55. The third-order valence-electron chi connectivity index (χ3n) is 3.83. The summed E-state index contributed by atoms with van der Waals surface area (Å²) in [5.41, 5.74) is 2.46. The largest absolute Gasteiger partial charge is 0.361 e. The third kappa shape index (κ3) is 3.26. The zero-order chi connectivity index (χ0) is 13.1. The normalized spacial score (nSPS) is 18.6. The summed E-state index contributed by atoms with van der Waals surface area (Å²) in [6.45, 7) is 4.01. The lowest BCUT2D eigenvalue weighted by molar-refractivity contribution is -0.119. The van der Waals surface area contributed by atoms with Crippen LogP contribution in [-0.2, 0) is 11.3 Å². The summed E-state index contributed by atoms with van der Waals surface area (Å²) in [4.78, 5) is 14.2. The van der Waals surface area contributed by atoms with E-state index in [2.05, 4.69) is 33.7 Å². The minimum atomic E-state index is 0.142. The number of carbonyl (C=O) groups excluding carboxylic acids is 1. The van der Waals surface area contributed by atoms with E-state index in [-0.39, 0.29) is 5.91 Å². The molecule has 0 radical (unpaired) electrons. The first-order valence-electron chi connectivity index (χ1n) is 7.13. The van der Waals surface area contributed by atoms with E-state index < -0.39 is 0 Å². The Morgan fingerprint density at radius 1 is 1.37 bits per heavy atom. The first-order valence-corrected chi connectivity index (χ1v) is 7.13. The van der Waals surface area contributed by atoms with E-state index in [1.54, 1.807) is 0 Å². The zero-order valence-corrected chi connectivity index (χ0v) is 11.2. The number of hydrogen-bond acceptors (Lipinski definition) is 3. The molecule has 4 heteroatoms. The maximum absolute atomic E-state index is 12.0. The van der Waals surface area contributed by atoms with E-state index in [9.17, 15) is 4.79 Å². The van der Waals surface area contributed by atoms with Gasteiger partial charge in [-0.1, -0.05) is 18.2 Å². The Labute approximate surface area is 114 Å². The molecule has 1 aliphatic carbocycles. The van der Waals surface area contributed by atoms with E-state index in [1.165, 1.54) is 24.1 Å². The highest BCUT2D eigenvalue weighted by atomic mass is 16.2. The summed E-state index contributed by atoms with van der Waals surface area (Å²) in [5, 5.41) is 6.44. The molecule has 0 aromatic heterocycles. The highest BCUT2D eigenvalue weighted by Gasteiger charge is 2.22. The van der Waals surface area contributed by atoms with E-state index in [1.807, 2.05) is 6.07 Å². The number of hydrogen-bond donors (Lipinski definition) is 2. The first kappa shape index (κ1) is 12.5. The van der Waals surface area contributed by atoms with Crippen LogP contribution in [0.1, 0.15) is 18.4 Å². The predicted molar refractivity (Wildman–Crippen MR) is 76.1 cm³/mol. The van der Waals surface area contributed by atoms with Crippen LogP contribution in [0.4, 0.5) is 5.69 Å². The van der Waals surface area contributed by atoms with Crippen LogP contribution in [0.2, 0.25) is 0 Å². The Bertz CT molecular complexity index is 456. The quantitative estimate of drug-likeness (QED) is 0.852. The van der Waals surface area contributed by atoms with Crippen molar-refractivity contribution in [2.24, 2.45) is 5.92 Å². The van der Waals surface area contributed by atoms with Crippen molar-refractivity contribution in [2.75, 3.05) is 31.1 Å². The van der Waals surface area contributed by atoms with Gasteiger partial charge in [-0.15, -0.1) is 0 Å². The average molecular weight is 259 g/mol. The Balaban J connectivity index is 1.64. The molecule has 1 aromatic carbocycles. The predicted octanol–water partition coefficient (Wildman–Crippen LogP) is 1.12. The topological polar surface area (TPSA) is 44.4 Å². The second-order valence-corrected chi connectivity index (χ2v) is 5.47. The molecule has 4 nitrogen and oxygen atoms in total. The van der Waals surface area contributed by atoms with Crippen molar-refractivity contribution in [2.45, 2.75) is 19.4 Å². The van der Waals surface area contributed by atoms with Gasteiger partial charge in [0.25, 0.3) is 0 Å². The van der Waals surface area contributed by atoms with Crippen LogP contribution in [-0.4, -0.2) is 32.1 Å². The van der Waals surface area contributed by atoms with Crippen LogP contribution in [0.25, 0.3) is 0 Å². The van der Waals surface area contributed by atoms with E-state index in [4.69, 9.17) is 0 Å². The van der Waals surface area contributed by atoms with Crippen LogP contribution in [0, 0.1) is 5.92 Å². The van der Waals surface area contributed by atoms with Gasteiger partial charge in [0, 0.05) is 31.9 Å². The SMILES string of the molecule is O=C(CN1CCNCc2ccccc21)NCC1CC1. The van der Waals surface area contributed by atoms with Gasteiger partial charge < -0.3 is 15.5 Å². The maximum Gasteiger partial charge on any atom is 0.239 e. The second-order valence-electron chi connectivity index (χ2n) is 5.47. The van der Waals surface area contributed by atoms with Gasteiger partial charge in [-0.25, -0.2) is 0 Å². The molecule has 3 rings (SSSR count). The van der Waals surface area contributed by atoms with Crippen molar-refractivity contribution in [1.29, 1.82) is 0 Å². The lowest BCUT2D eigenvalue weighted by Crippen LogP contribution is -2.39. The molecule has 2 N–H and O–H groups in total. The molecule has 1 aromatic rings. The Hall–Kier alpha value is -1.55. The molecule has 0 bridgehead atoms. The van der Waals surface area contributed by atoms with Gasteiger partial charge in [0.05, 0.1) is 6.54 Å². The van der Waals surface area contributed by atoms with Crippen LogP contribution in [0.3, 0.4) is 0 Å². The fourth-order valence-electron chi connectivity index (χ4n) is 2.50. The van der Waals surface area contributed by atoms with Gasteiger partial charge in [-0.3, -0.25) is 4.79 Å². The van der Waals surface area contributed by atoms with Crippen molar-refractivity contribution in [1.82, 2.24) is 10.6 Å². The molecule has 1 amide bonds. The minimum absolute atomic E-state index is 0.142. The Morgan fingerprint density at radius 3 is 3.05 bits per heavy atom. The number of para-hydroxylation sites is 1. The summed E-state index contributed by atoms with van der Waals surface area (Å²) < 4.78 is 0. The molecule has 2 aliphatic rings. The molecule has 1 heterocycles. The highest BCUT2D eigenvalue weighted by molar-refractivity contribution is 5.81. The van der Waals surface area contributed by atoms with E-state index >= 15 is 0 Å². The number of nitrogens with one attached hydrogen (secondary N) is 2. The number of amides is 1. The highest BCUT2D eigenvalue weighted by Crippen LogP contribution is 2.27. The maximum atomic E-state index is 12.0. The van der Waals surface area contributed by atoms with Crippen molar-refractivity contribution >= 4 is 11.6 Å². The monoisotopic (exact) mass is 259 g/mol. The van der Waals surface area contributed by atoms with Crippen molar-refractivity contribution < 1.29 is 4.79 Å². The summed E-state index contributed by atoms with van der Waals surface area (Å²) in [6, 6.07) is 8.33. The van der Waals surface area contributed by atoms with Crippen LogP contribution < -0.4 is 15.5 Å². The summed E-state index contributed by atoms with van der Waals surface area (Å²) >= 11 is 0. The van der Waals surface area contributed by atoms with Gasteiger partial charge in [-0.05, 0) is 30.4 Å². The molecule has 0 saturated heterocycles. The smallest absolute Gasteiger partial charge is 0.239 e. The van der Waals surface area contributed by atoms with Crippen molar-refractivity contribution in [3.8, 4) is 0 Å². The summed E-state index contributed by atoms with van der Waals surface area (Å²) in [5.74, 6) is 0.880. The number of rotatable bonds is 4. The van der Waals surface area contributed by atoms with Gasteiger partial charge in [0.2, 0.25) is 5.91 Å². The fraction of sp³-hybridized carbons (Fsp3) is 0.533. The third-order valence-corrected chi connectivity index (χ3v) is 3.83. The molecular formula is C15H21N3O. The fourth-order valence-corrected chi connectivity index (χ4v) is 2.50. The van der Waals surface area contributed by atoms with Gasteiger partial charge in [-0.2, -0.15) is 0 Å². The number of anilines is 1. The van der Waals surface area contributed by atoms with E-state index in [0.29, 0.717) is 6.54 Å². The number of benzene rings is 1. The molecule has 1 fully saturated rings. The molecular weight excluding hydrogens is 238 g/mol. The van der Waals surface area contributed by atoms with Crippen molar-refractivity contribution in [3.63, 3.8) is 0 Å². The van der Waals surface area contributed by atoms with Crippen LogP contribution >= 0.6 is 0 Å². The van der Waals surface area contributed by atoms with Gasteiger partial charge in [0.1, 0.15) is 0 Å². The first-order chi connectivity index (χ1) is 9.33. The minimum Gasteiger partial charge on any atom is -0.361 e. The molecule has 102 valence electrons.